The van der Waals surface area contributed by atoms with E-state index < -0.39 is 11.9 Å². The van der Waals surface area contributed by atoms with Gasteiger partial charge in [0.2, 0.25) is 0 Å². The van der Waals surface area contributed by atoms with Gasteiger partial charge in [-0.15, -0.1) is 21.5 Å². The standard InChI is InChI=1S/C17H24F3N7S/c1-11-25-26-14(27(11)2)8-21-16(23-12-6-4-3-5-7-12)22-9-15-24-13(10-28-15)17(18,19)20/h10,12H,3-9H2,1-2H3,(H2,21,22,23). The number of aryl methyl sites for hydroxylation is 1. The molecule has 0 amide bonds. The lowest BCUT2D eigenvalue weighted by molar-refractivity contribution is -0.140. The van der Waals surface area contributed by atoms with E-state index in [9.17, 15) is 13.2 Å². The predicted molar refractivity (Wildman–Crippen MR) is 101 cm³/mol. The quantitative estimate of drug-likeness (QED) is 0.579. The number of nitrogens with one attached hydrogen (secondary N) is 2. The van der Waals surface area contributed by atoms with Gasteiger partial charge in [-0.3, -0.25) is 0 Å². The van der Waals surface area contributed by atoms with Crippen molar-refractivity contribution in [3.05, 3.63) is 27.7 Å². The highest BCUT2D eigenvalue weighted by molar-refractivity contribution is 7.09. The van der Waals surface area contributed by atoms with Crippen molar-refractivity contribution >= 4 is 17.3 Å². The minimum Gasteiger partial charge on any atom is -0.354 e. The Morgan fingerprint density at radius 3 is 2.64 bits per heavy atom. The van der Waals surface area contributed by atoms with Crippen LogP contribution in [0.2, 0.25) is 0 Å². The molecule has 0 aromatic carbocycles. The number of hydrogen-bond donors (Lipinski definition) is 2. The highest BCUT2D eigenvalue weighted by Gasteiger charge is 2.33. The van der Waals surface area contributed by atoms with Crippen LogP contribution in [0, 0.1) is 6.92 Å². The molecule has 1 aliphatic carbocycles. The van der Waals surface area contributed by atoms with E-state index in [2.05, 4.69) is 30.8 Å². The lowest BCUT2D eigenvalue weighted by Crippen LogP contribution is -2.44. The molecule has 0 bridgehead atoms. The number of alkyl halides is 3. The average Bonchev–Trinajstić information content (AvgIpc) is 3.26. The maximum atomic E-state index is 12.7. The number of hydrogen-bond acceptors (Lipinski definition) is 5. The van der Waals surface area contributed by atoms with Crippen molar-refractivity contribution in [3.63, 3.8) is 0 Å². The van der Waals surface area contributed by atoms with Gasteiger partial charge in [0.15, 0.2) is 17.5 Å². The van der Waals surface area contributed by atoms with Gasteiger partial charge in [0.1, 0.15) is 17.4 Å². The Labute approximate surface area is 165 Å². The molecule has 11 heteroatoms. The van der Waals surface area contributed by atoms with Crippen LogP contribution in [0.1, 0.15) is 54.5 Å². The number of aromatic nitrogens is 4. The molecule has 0 atom stereocenters. The molecular weight excluding hydrogens is 391 g/mol. The lowest BCUT2D eigenvalue weighted by atomic mass is 9.96. The first-order valence-electron chi connectivity index (χ1n) is 9.24. The average molecular weight is 415 g/mol. The summed E-state index contributed by atoms with van der Waals surface area (Å²) < 4.78 is 40.0. The van der Waals surface area contributed by atoms with Crippen LogP contribution in [0.25, 0.3) is 0 Å². The molecule has 1 aliphatic rings. The van der Waals surface area contributed by atoms with Crippen LogP contribution in [0.4, 0.5) is 13.2 Å². The van der Waals surface area contributed by atoms with Crippen molar-refractivity contribution in [2.24, 2.45) is 12.0 Å². The van der Waals surface area contributed by atoms with Gasteiger partial charge in [-0.25, -0.2) is 9.98 Å². The zero-order chi connectivity index (χ0) is 20.1. The van der Waals surface area contributed by atoms with Crippen molar-refractivity contribution in [2.75, 3.05) is 0 Å². The van der Waals surface area contributed by atoms with Gasteiger partial charge in [0, 0.05) is 18.5 Å². The first kappa shape index (κ1) is 20.6. The first-order valence-corrected chi connectivity index (χ1v) is 10.1. The molecule has 0 aliphatic heterocycles. The molecule has 2 aromatic rings. The van der Waals surface area contributed by atoms with E-state index in [1.165, 1.54) is 6.42 Å². The second-order valence-electron chi connectivity index (χ2n) is 6.84. The molecule has 2 heterocycles. The number of aliphatic imine (C=N–C) groups is 1. The molecular formula is C17H24F3N7S. The van der Waals surface area contributed by atoms with Crippen LogP contribution >= 0.6 is 11.3 Å². The largest absolute Gasteiger partial charge is 0.434 e. The van der Waals surface area contributed by atoms with Gasteiger partial charge in [-0.1, -0.05) is 19.3 Å². The second kappa shape index (κ2) is 8.89. The normalized spacial score (nSPS) is 16.4. The summed E-state index contributed by atoms with van der Waals surface area (Å²) in [6.07, 6.45) is 1.24. The maximum absolute atomic E-state index is 12.7. The monoisotopic (exact) mass is 415 g/mol. The SMILES string of the molecule is Cc1nnc(CN=C(NCc2nc(C(F)(F)F)cs2)NC2CCCCC2)n1C. The Morgan fingerprint density at radius 2 is 2.04 bits per heavy atom. The van der Waals surface area contributed by atoms with E-state index in [0.29, 0.717) is 23.6 Å². The van der Waals surface area contributed by atoms with Crippen LogP contribution in [0.3, 0.4) is 0 Å². The van der Waals surface area contributed by atoms with Gasteiger partial charge < -0.3 is 15.2 Å². The van der Waals surface area contributed by atoms with Gasteiger partial charge in [0.05, 0.1) is 6.54 Å². The molecule has 0 unspecified atom stereocenters. The molecule has 7 nitrogen and oxygen atoms in total. The Morgan fingerprint density at radius 1 is 1.29 bits per heavy atom. The van der Waals surface area contributed by atoms with E-state index in [4.69, 9.17) is 0 Å². The number of thiazole rings is 1. The molecule has 1 saturated carbocycles. The highest BCUT2D eigenvalue weighted by atomic mass is 32.1. The van der Waals surface area contributed by atoms with Crippen molar-refractivity contribution in [3.8, 4) is 0 Å². The van der Waals surface area contributed by atoms with Gasteiger partial charge in [-0.05, 0) is 19.8 Å². The molecule has 1 fully saturated rings. The molecule has 28 heavy (non-hydrogen) atoms. The first-order chi connectivity index (χ1) is 13.3. The molecule has 0 saturated heterocycles. The zero-order valence-corrected chi connectivity index (χ0v) is 16.7. The number of halogens is 3. The third-order valence-electron chi connectivity index (χ3n) is 4.76. The number of rotatable bonds is 5. The summed E-state index contributed by atoms with van der Waals surface area (Å²) >= 11 is 0.982. The van der Waals surface area contributed by atoms with Crippen LogP contribution in [0.5, 0.6) is 0 Å². The zero-order valence-electron chi connectivity index (χ0n) is 15.9. The molecule has 0 radical (unpaired) electrons. The van der Waals surface area contributed by atoms with Crippen LogP contribution in [-0.2, 0) is 26.3 Å². The fourth-order valence-electron chi connectivity index (χ4n) is 3.01. The summed E-state index contributed by atoms with van der Waals surface area (Å²) in [4.78, 5) is 8.22. The fourth-order valence-corrected chi connectivity index (χ4v) is 3.75. The summed E-state index contributed by atoms with van der Waals surface area (Å²) in [6.45, 7) is 2.36. The van der Waals surface area contributed by atoms with E-state index >= 15 is 0 Å². The Bertz CT molecular complexity index is 806. The molecule has 3 rings (SSSR count). The Hall–Kier alpha value is -2.17. The topological polar surface area (TPSA) is 80.0 Å². The summed E-state index contributed by atoms with van der Waals surface area (Å²) in [5.74, 6) is 2.06. The van der Waals surface area contributed by atoms with Gasteiger partial charge in [-0.2, -0.15) is 13.2 Å². The lowest BCUT2D eigenvalue weighted by Gasteiger charge is -2.25. The van der Waals surface area contributed by atoms with Crippen molar-refractivity contribution < 1.29 is 13.2 Å². The van der Waals surface area contributed by atoms with Crippen molar-refractivity contribution in [1.29, 1.82) is 0 Å². The summed E-state index contributed by atoms with van der Waals surface area (Å²) in [6, 6.07) is 0.309. The molecule has 0 spiro atoms. The number of guanidine groups is 1. The third-order valence-corrected chi connectivity index (χ3v) is 5.61. The van der Waals surface area contributed by atoms with E-state index in [0.717, 1.165) is 54.0 Å². The predicted octanol–water partition coefficient (Wildman–Crippen LogP) is 3.17. The summed E-state index contributed by atoms with van der Waals surface area (Å²) in [5.41, 5.74) is -0.859. The second-order valence-corrected chi connectivity index (χ2v) is 7.79. The van der Waals surface area contributed by atoms with Crippen molar-refractivity contribution in [1.82, 2.24) is 30.4 Å². The van der Waals surface area contributed by atoms with E-state index in [-0.39, 0.29) is 6.54 Å². The van der Waals surface area contributed by atoms with Crippen LogP contribution in [0.15, 0.2) is 10.4 Å². The summed E-state index contributed by atoms with van der Waals surface area (Å²) in [5, 5.41) is 16.0. The smallest absolute Gasteiger partial charge is 0.354 e. The van der Waals surface area contributed by atoms with E-state index in [1.54, 1.807) is 0 Å². The van der Waals surface area contributed by atoms with Gasteiger partial charge in [0.25, 0.3) is 0 Å². The molecule has 154 valence electrons. The maximum Gasteiger partial charge on any atom is 0.434 e. The Kier molecular flexibility index (Phi) is 6.53. The van der Waals surface area contributed by atoms with Gasteiger partial charge >= 0.3 is 6.18 Å². The Balaban J connectivity index is 1.67. The van der Waals surface area contributed by atoms with E-state index in [1.807, 2.05) is 18.5 Å². The van der Waals surface area contributed by atoms with Crippen LogP contribution in [-0.4, -0.2) is 31.7 Å². The molecule has 2 aromatic heterocycles. The number of nitrogens with zero attached hydrogens (tertiary/aromatic N) is 5. The highest BCUT2D eigenvalue weighted by Crippen LogP contribution is 2.29. The minimum atomic E-state index is -4.42. The summed E-state index contributed by atoms with van der Waals surface area (Å²) in [7, 11) is 1.87. The minimum absolute atomic E-state index is 0.178. The van der Waals surface area contributed by atoms with Crippen LogP contribution < -0.4 is 10.6 Å². The fraction of sp³-hybridized carbons (Fsp3) is 0.647. The molecule has 2 N–H and O–H groups in total. The van der Waals surface area contributed by atoms with Crippen molar-refractivity contribution in [2.45, 2.75) is 64.3 Å². The third kappa shape index (κ3) is 5.43.